The van der Waals surface area contributed by atoms with Crippen LogP contribution in [0, 0.1) is 0 Å². The van der Waals surface area contributed by atoms with E-state index in [2.05, 4.69) is 10.1 Å². The first kappa shape index (κ1) is 22.2. The number of amides is 3. The molecular formula is C23H17F3N4O3S. The number of hydrogen-bond donors (Lipinski definition) is 0. The van der Waals surface area contributed by atoms with Crippen molar-refractivity contribution in [3.05, 3.63) is 83.1 Å². The van der Waals surface area contributed by atoms with Crippen molar-refractivity contribution in [1.29, 1.82) is 0 Å². The summed E-state index contributed by atoms with van der Waals surface area (Å²) >= 11 is 1.35. The first-order valence-corrected chi connectivity index (χ1v) is 11.2. The fourth-order valence-corrected chi connectivity index (χ4v) is 4.93. The lowest BCUT2D eigenvalue weighted by Gasteiger charge is -2.40. The van der Waals surface area contributed by atoms with E-state index in [1.54, 1.807) is 11.5 Å². The average molecular weight is 486 g/mol. The Bertz CT molecular complexity index is 1240. The summed E-state index contributed by atoms with van der Waals surface area (Å²) in [7, 11) is 0. The Morgan fingerprint density at radius 2 is 1.74 bits per heavy atom. The van der Waals surface area contributed by atoms with Crippen LogP contribution in [-0.2, 0) is 24.1 Å². The van der Waals surface area contributed by atoms with Crippen molar-refractivity contribution in [3.63, 3.8) is 0 Å². The number of rotatable bonds is 5. The summed E-state index contributed by atoms with van der Waals surface area (Å²) < 4.78 is 43.7. The SMILES string of the molecule is O=C1C2SC=CC2N(Cc2nc(-c3ccc(C(F)(F)F)cc3)no2)C(=O)N1Cc1ccccc1. The maximum absolute atomic E-state index is 13.3. The van der Waals surface area contributed by atoms with Crippen molar-refractivity contribution in [2.75, 3.05) is 0 Å². The van der Waals surface area contributed by atoms with E-state index in [9.17, 15) is 22.8 Å². The zero-order valence-corrected chi connectivity index (χ0v) is 18.3. The standard InChI is InChI=1S/C23H17F3N4O3S/c24-23(25,26)16-8-6-15(7-9-16)20-27-18(33-28-20)13-29-17-10-11-34-19(17)21(31)30(22(29)32)12-14-4-2-1-3-5-14/h1-11,17,19H,12-13H2. The molecule has 2 aliphatic rings. The predicted molar refractivity (Wildman–Crippen MR) is 117 cm³/mol. The van der Waals surface area contributed by atoms with Crippen molar-refractivity contribution in [2.24, 2.45) is 0 Å². The number of carbonyl (C=O) groups excluding carboxylic acids is 2. The van der Waals surface area contributed by atoms with Crippen molar-refractivity contribution >= 4 is 23.7 Å². The van der Waals surface area contributed by atoms with Crippen LogP contribution in [0.5, 0.6) is 0 Å². The van der Waals surface area contributed by atoms with Crippen molar-refractivity contribution in [2.45, 2.75) is 30.6 Å². The van der Waals surface area contributed by atoms with Crippen molar-refractivity contribution in [3.8, 4) is 11.4 Å². The molecule has 5 rings (SSSR count). The lowest BCUT2D eigenvalue weighted by atomic mass is 10.1. The molecule has 3 heterocycles. The number of carbonyl (C=O) groups is 2. The van der Waals surface area contributed by atoms with Crippen LogP contribution in [0.2, 0.25) is 0 Å². The third-order valence-electron chi connectivity index (χ3n) is 5.58. The average Bonchev–Trinajstić information content (AvgIpc) is 3.50. The first-order valence-electron chi connectivity index (χ1n) is 10.3. The highest BCUT2D eigenvalue weighted by atomic mass is 32.2. The fourth-order valence-electron chi connectivity index (χ4n) is 3.87. The molecular weight excluding hydrogens is 469 g/mol. The van der Waals surface area contributed by atoms with Gasteiger partial charge in [-0.2, -0.15) is 18.2 Å². The molecule has 0 aliphatic carbocycles. The lowest BCUT2D eigenvalue weighted by molar-refractivity contribution is -0.137. The molecule has 0 spiro atoms. The number of fused-ring (bicyclic) bond motifs is 1. The molecule has 0 bridgehead atoms. The summed E-state index contributed by atoms with van der Waals surface area (Å²) in [6, 6.07) is 12.7. The van der Waals surface area contributed by atoms with Crippen LogP contribution in [0.25, 0.3) is 11.4 Å². The van der Waals surface area contributed by atoms with Gasteiger partial charge < -0.3 is 9.42 Å². The third kappa shape index (κ3) is 4.18. The van der Waals surface area contributed by atoms with E-state index in [1.807, 2.05) is 30.3 Å². The second-order valence-corrected chi connectivity index (χ2v) is 8.84. The number of alkyl halides is 3. The molecule has 7 nitrogen and oxygen atoms in total. The quantitative estimate of drug-likeness (QED) is 0.520. The van der Waals surface area contributed by atoms with Crippen LogP contribution in [0.4, 0.5) is 18.0 Å². The molecule has 0 N–H and O–H groups in total. The van der Waals surface area contributed by atoms with Crippen LogP contribution in [0.3, 0.4) is 0 Å². The van der Waals surface area contributed by atoms with E-state index in [4.69, 9.17) is 4.52 Å². The van der Waals surface area contributed by atoms with Gasteiger partial charge in [0.05, 0.1) is 18.2 Å². The summed E-state index contributed by atoms with van der Waals surface area (Å²) in [6.07, 6.45) is -2.65. The van der Waals surface area contributed by atoms with Crippen LogP contribution >= 0.6 is 11.8 Å². The van der Waals surface area contributed by atoms with Crippen LogP contribution in [0.15, 0.2) is 70.6 Å². The Balaban J connectivity index is 1.37. The molecule has 1 saturated heterocycles. The van der Waals surface area contributed by atoms with Crippen molar-refractivity contribution < 1.29 is 27.3 Å². The molecule has 1 fully saturated rings. The molecule has 34 heavy (non-hydrogen) atoms. The summed E-state index contributed by atoms with van der Waals surface area (Å²) in [4.78, 5) is 33.2. The van der Waals surface area contributed by atoms with Crippen LogP contribution in [-0.4, -0.2) is 43.2 Å². The lowest BCUT2D eigenvalue weighted by Crippen LogP contribution is -2.61. The second-order valence-electron chi connectivity index (χ2n) is 7.78. The van der Waals surface area contributed by atoms with Crippen LogP contribution in [0.1, 0.15) is 17.0 Å². The zero-order valence-electron chi connectivity index (χ0n) is 17.5. The summed E-state index contributed by atoms with van der Waals surface area (Å²) in [5, 5.41) is 5.17. The monoisotopic (exact) mass is 486 g/mol. The normalized spacial score (nSPS) is 20.2. The highest BCUT2D eigenvalue weighted by Crippen LogP contribution is 2.36. The minimum atomic E-state index is -4.44. The highest BCUT2D eigenvalue weighted by Gasteiger charge is 2.47. The molecule has 0 saturated carbocycles. The topological polar surface area (TPSA) is 79.5 Å². The Kier molecular flexibility index (Phi) is 5.64. The van der Waals surface area contributed by atoms with Gasteiger partial charge in [-0.25, -0.2) is 4.79 Å². The molecule has 2 aromatic carbocycles. The number of nitrogens with zero attached hydrogens (tertiary/aromatic N) is 4. The van der Waals surface area contributed by atoms with Gasteiger partial charge in [0, 0.05) is 5.56 Å². The maximum atomic E-state index is 13.3. The number of halogens is 3. The number of aromatic nitrogens is 2. The van der Waals surface area contributed by atoms with Gasteiger partial charge in [0.25, 0.3) is 0 Å². The van der Waals surface area contributed by atoms with Gasteiger partial charge >= 0.3 is 12.2 Å². The molecule has 11 heteroatoms. The van der Waals surface area contributed by atoms with Gasteiger partial charge in [-0.1, -0.05) is 53.7 Å². The Labute approximate surface area is 196 Å². The van der Waals surface area contributed by atoms with Gasteiger partial charge in [-0.3, -0.25) is 9.69 Å². The molecule has 3 aromatic rings. The molecule has 1 aromatic heterocycles. The molecule has 0 radical (unpaired) electrons. The summed E-state index contributed by atoms with van der Waals surface area (Å²) in [6.45, 7) is 0.0938. The van der Waals surface area contributed by atoms with E-state index in [1.165, 1.54) is 33.7 Å². The molecule has 2 atom stereocenters. The zero-order chi connectivity index (χ0) is 23.9. The smallest absolute Gasteiger partial charge is 0.337 e. The van der Waals surface area contributed by atoms with Crippen LogP contribution < -0.4 is 0 Å². The van der Waals surface area contributed by atoms with E-state index >= 15 is 0 Å². The van der Waals surface area contributed by atoms with Gasteiger partial charge in [0.15, 0.2) is 0 Å². The van der Waals surface area contributed by atoms with Gasteiger partial charge in [0.1, 0.15) is 11.8 Å². The van der Waals surface area contributed by atoms with Gasteiger partial charge in [0.2, 0.25) is 17.6 Å². The van der Waals surface area contributed by atoms with E-state index in [0.717, 1.165) is 17.7 Å². The van der Waals surface area contributed by atoms with E-state index < -0.39 is 29.1 Å². The molecule has 3 amide bonds. The second kappa shape index (κ2) is 8.64. The molecule has 174 valence electrons. The highest BCUT2D eigenvalue weighted by molar-refractivity contribution is 8.03. The minimum Gasteiger partial charge on any atom is -0.337 e. The first-order chi connectivity index (χ1) is 16.3. The fraction of sp³-hybridized carbons (Fsp3) is 0.217. The van der Waals surface area contributed by atoms with E-state index in [-0.39, 0.29) is 30.7 Å². The Morgan fingerprint density at radius 1 is 1.00 bits per heavy atom. The Morgan fingerprint density at radius 3 is 2.44 bits per heavy atom. The summed E-state index contributed by atoms with van der Waals surface area (Å²) in [5.41, 5.74) is 0.391. The minimum absolute atomic E-state index is 0.0445. The number of benzene rings is 2. The Hall–Kier alpha value is -3.60. The molecule has 2 unspecified atom stereocenters. The number of hydrogen-bond acceptors (Lipinski definition) is 6. The van der Waals surface area contributed by atoms with Gasteiger partial charge in [-0.15, -0.1) is 11.8 Å². The summed E-state index contributed by atoms with van der Waals surface area (Å²) in [5.74, 6) is -0.0410. The number of imide groups is 1. The number of urea groups is 1. The molecule has 2 aliphatic heterocycles. The van der Waals surface area contributed by atoms with E-state index in [0.29, 0.717) is 5.56 Å². The predicted octanol–water partition coefficient (Wildman–Crippen LogP) is 4.72. The number of thioether (sulfide) groups is 1. The maximum Gasteiger partial charge on any atom is 0.416 e. The van der Waals surface area contributed by atoms with Gasteiger partial charge in [-0.05, 0) is 23.1 Å². The largest absolute Gasteiger partial charge is 0.416 e. The third-order valence-corrected chi connectivity index (χ3v) is 6.67. The van der Waals surface area contributed by atoms with Crippen molar-refractivity contribution in [1.82, 2.24) is 19.9 Å².